The summed E-state index contributed by atoms with van der Waals surface area (Å²) in [4.78, 5) is 42.3. The zero-order valence-corrected chi connectivity index (χ0v) is 25.8. The van der Waals surface area contributed by atoms with Crippen molar-refractivity contribution >= 4 is 29.7 Å². The average Bonchev–Trinajstić information content (AvgIpc) is 2.81. The molecule has 1 aromatic carbocycles. The number of hydrogen-bond acceptors (Lipinski definition) is 5. The van der Waals surface area contributed by atoms with Gasteiger partial charge >= 0.3 is 6.09 Å². The topological polar surface area (TPSA) is 87.7 Å². The van der Waals surface area contributed by atoms with Gasteiger partial charge in [-0.3, -0.25) is 9.59 Å². The molecule has 0 aromatic heterocycles. The van der Waals surface area contributed by atoms with Crippen molar-refractivity contribution in [3.63, 3.8) is 0 Å². The van der Waals surface area contributed by atoms with Gasteiger partial charge in [0.05, 0.1) is 0 Å². The van der Waals surface area contributed by atoms with Crippen LogP contribution in [0.4, 0.5) is 4.79 Å². The maximum absolute atomic E-state index is 14.2. The number of nitrogens with one attached hydrogen (secondary N) is 2. The SMILES string of the molecule is CCCCCNC(=O)C(c1cc(C)cc(C)c1)N(CCCCC)C(=O)C(CCSC)NC(=O)OC(C)(C)C. The van der Waals surface area contributed by atoms with Crippen molar-refractivity contribution in [2.75, 3.05) is 25.1 Å². The zero-order chi connectivity index (χ0) is 28.7. The van der Waals surface area contributed by atoms with E-state index in [0.29, 0.717) is 25.3 Å². The van der Waals surface area contributed by atoms with Gasteiger partial charge in [-0.1, -0.05) is 68.9 Å². The Labute approximate surface area is 235 Å². The Morgan fingerprint density at radius 1 is 0.974 bits per heavy atom. The first-order valence-electron chi connectivity index (χ1n) is 14.1. The molecule has 0 heterocycles. The van der Waals surface area contributed by atoms with E-state index in [4.69, 9.17) is 4.74 Å². The van der Waals surface area contributed by atoms with Crippen LogP contribution in [0.25, 0.3) is 0 Å². The molecule has 0 saturated carbocycles. The van der Waals surface area contributed by atoms with Crippen molar-refractivity contribution in [3.8, 4) is 0 Å². The molecular weight excluding hydrogens is 498 g/mol. The predicted octanol–water partition coefficient (Wildman–Crippen LogP) is 6.32. The Morgan fingerprint density at radius 2 is 1.58 bits per heavy atom. The van der Waals surface area contributed by atoms with Crippen molar-refractivity contribution in [1.82, 2.24) is 15.5 Å². The van der Waals surface area contributed by atoms with Gasteiger partial charge < -0.3 is 20.3 Å². The minimum atomic E-state index is -0.791. The van der Waals surface area contributed by atoms with Gasteiger partial charge in [-0.05, 0) is 71.5 Å². The largest absolute Gasteiger partial charge is 0.444 e. The molecule has 8 heteroatoms. The first kappa shape index (κ1) is 33.8. The highest BCUT2D eigenvalue weighted by molar-refractivity contribution is 7.98. The van der Waals surface area contributed by atoms with Crippen molar-refractivity contribution in [3.05, 3.63) is 34.9 Å². The van der Waals surface area contributed by atoms with Crippen LogP contribution in [0.1, 0.15) is 102 Å². The van der Waals surface area contributed by atoms with E-state index in [-0.39, 0.29) is 11.8 Å². The summed E-state index contributed by atoms with van der Waals surface area (Å²) in [5, 5.41) is 5.90. The highest BCUT2D eigenvalue weighted by atomic mass is 32.2. The number of ether oxygens (including phenoxy) is 1. The fraction of sp³-hybridized carbons (Fsp3) is 0.700. The number of hydrogen-bond donors (Lipinski definition) is 2. The lowest BCUT2D eigenvalue weighted by molar-refractivity contribution is -0.142. The number of nitrogens with zero attached hydrogens (tertiary/aromatic N) is 1. The molecule has 2 atom stereocenters. The van der Waals surface area contributed by atoms with Crippen LogP contribution in [0, 0.1) is 13.8 Å². The van der Waals surface area contributed by atoms with E-state index in [9.17, 15) is 14.4 Å². The summed E-state index contributed by atoms with van der Waals surface area (Å²) in [6.45, 7) is 14.6. The van der Waals surface area contributed by atoms with Gasteiger partial charge in [0.2, 0.25) is 11.8 Å². The Bertz CT molecular complexity index is 864. The second-order valence-corrected chi connectivity index (χ2v) is 12.0. The minimum absolute atomic E-state index is 0.183. The first-order chi connectivity index (χ1) is 17.9. The first-order valence-corrected chi connectivity index (χ1v) is 15.5. The monoisotopic (exact) mass is 549 g/mol. The van der Waals surface area contributed by atoms with Gasteiger partial charge in [0.25, 0.3) is 0 Å². The van der Waals surface area contributed by atoms with Crippen molar-refractivity contribution in [2.45, 2.75) is 111 Å². The molecule has 0 aliphatic rings. The fourth-order valence-corrected chi connectivity index (χ4v) is 4.84. The van der Waals surface area contributed by atoms with Crippen LogP contribution in [-0.2, 0) is 14.3 Å². The third-order valence-electron chi connectivity index (χ3n) is 6.08. The van der Waals surface area contributed by atoms with Crippen LogP contribution in [-0.4, -0.2) is 59.5 Å². The van der Waals surface area contributed by atoms with E-state index in [1.165, 1.54) is 0 Å². The highest BCUT2D eigenvalue weighted by Gasteiger charge is 2.36. The molecule has 7 nitrogen and oxygen atoms in total. The summed E-state index contributed by atoms with van der Waals surface area (Å²) in [6.07, 6.45) is 7.48. The summed E-state index contributed by atoms with van der Waals surface area (Å²) < 4.78 is 5.47. The van der Waals surface area contributed by atoms with E-state index >= 15 is 0 Å². The molecule has 0 aliphatic carbocycles. The number of carbonyl (C=O) groups is 3. The average molecular weight is 550 g/mol. The van der Waals surface area contributed by atoms with Gasteiger partial charge in [-0.15, -0.1) is 0 Å². The Morgan fingerprint density at radius 3 is 2.13 bits per heavy atom. The molecule has 2 unspecified atom stereocenters. The summed E-state index contributed by atoms with van der Waals surface area (Å²) in [6, 6.07) is 4.47. The summed E-state index contributed by atoms with van der Waals surface area (Å²) >= 11 is 1.61. The van der Waals surface area contributed by atoms with Crippen molar-refractivity contribution in [1.29, 1.82) is 0 Å². The zero-order valence-electron chi connectivity index (χ0n) is 24.9. The lowest BCUT2D eigenvalue weighted by atomic mass is 9.97. The maximum atomic E-state index is 14.2. The number of benzene rings is 1. The molecular formula is C30H51N3O4S. The number of carbonyl (C=O) groups excluding carboxylic acids is 3. The highest BCUT2D eigenvalue weighted by Crippen LogP contribution is 2.26. The van der Waals surface area contributed by atoms with E-state index in [0.717, 1.165) is 55.2 Å². The second kappa shape index (κ2) is 17.4. The smallest absolute Gasteiger partial charge is 0.408 e. The van der Waals surface area contributed by atoms with Crippen molar-refractivity contribution in [2.24, 2.45) is 0 Å². The Balaban J connectivity index is 3.46. The van der Waals surface area contributed by atoms with Gasteiger partial charge in [0, 0.05) is 13.1 Å². The molecule has 0 saturated heterocycles. The molecule has 0 bridgehead atoms. The van der Waals surface area contributed by atoms with Gasteiger partial charge in [-0.25, -0.2) is 4.79 Å². The number of rotatable bonds is 16. The van der Waals surface area contributed by atoms with Crippen LogP contribution in [0.5, 0.6) is 0 Å². The normalized spacial score (nSPS) is 12.9. The Kier molecular flexibility index (Phi) is 15.5. The summed E-state index contributed by atoms with van der Waals surface area (Å²) in [5.74, 6) is 0.248. The number of aryl methyl sites for hydroxylation is 2. The van der Waals surface area contributed by atoms with Crippen LogP contribution in [0.15, 0.2) is 18.2 Å². The van der Waals surface area contributed by atoms with Crippen LogP contribution < -0.4 is 10.6 Å². The van der Waals surface area contributed by atoms with Crippen LogP contribution in [0.2, 0.25) is 0 Å². The number of unbranched alkanes of at least 4 members (excludes halogenated alkanes) is 4. The van der Waals surface area contributed by atoms with E-state index in [1.54, 1.807) is 37.4 Å². The number of amides is 3. The standard InChI is InChI=1S/C30H51N3O4S/c1-9-11-13-16-31-27(34)26(24-20-22(3)19-23(4)21-24)33(17-14-12-10-2)28(35)25(15-18-38-8)32-29(36)37-30(5,6)7/h19-21,25-26H,9-18H2,1-8H3,(H,31,34)(H,32,36). The second-order valence-electron chi connectivity index (χ2n) is 11.0. The summed E-state index contributed by atoms with van der Waals surface area (Å²) in [5.41, 5.74) is 2.19. The molecule has 0 radical (unpaired) electrons. The molecule has 1 aromatic rings. The molecule has 2 N–H and O–H groups in total. The Hall–Kier alpha value is -2.22. The molecule has 0 aliphatic heterocycles. The van der Waals surface area contributed by atoms with Crippen LogP contribution >= 0.6 is 11.8 Å². The molecule has 0 spiro atoms. The predicted molar refractivity (Wildman–Crippen MR) is 159 cm³/mol. The van der Waals surface area contributed by atoms with Crippen LogP contribution in [0.3, 0.4) is 0 Å². The fourth-order valence-electron chi connectivity index (χ4n) is 4.37. The minimum Gasteiger partial charge on any atom is -0.444 e. The molecule has 3 amide bonds. The lowest BCUT2D eigenvalue weighted by Crippen LogP contribution is -2.53. The van der Waals surface area contributed by atoms with E-state index in [2.05, 4.69) is 30.5 Å². The molecule has 0 fully saturated rings. The third-order valence-corrected chi connectivity index (χ3v) is 6.73. The lowest BCUT2D eigenvalue weighted by Gasteiger charge is -2.35. The summed E-state index contributed by atoms with van der Waals surface area (Å²) in [7, 11) is 0. The van der Waals surface area contributed by atoms with E-state index < -0.39 is 23.8 Å². The molecule has 216 valence electrons. The molecule has 38 heavy (non-hydrogen) atoms. The number of thioether (sulfide) groups is 1. The third kappa shape index (κ3) is 12.5. The quantitative estimate of drug-likeness (QED) is 0.236. The van der Waals surface area contributed by atoms with Gasteiger partial charge in [0.1, 0.15) is 17.7 Å². The number of alkyl carbamates (subject to hydrolysis) is 1. The maximum Gasteiger partial charge on any atom is 0.408 e. The van der Waals surface area contributed by atoms with Gasteiger partial charge in [-0.2, -0.15) is 11.8 Å². The van der Waals surface area contributed by atoms with Crippen molar-refractivity contribution < 1.29 is 19.1 Å². The van der Waals surface area contributed by atoms with Gasteiger partial charge in [0.15, 0.2) is 0 Å². The van der Waals surface area contributed by atoms with E-state index in [1.807, 2.05) is 32.2 Å². The molecule has 1 rings (SSSR count).